The molecule has 0 aliphatic heterocycles. The lowest BCUT2D eigenvalue weighted by Gasteiger charge is -2.07. The first kappa shape index (κ1) is 13.4. The van der Waals surface area contributed by atoms with Gasteiger partial charge in [0.05, 0.1) is 22.7 Å². The molecule has 0 radical (unpaired) electrons. The molecule has 0 aliphatic carbocycles. The van der Waals surface area contributed by atoms with Crippen LogP contribution in [0.5, 0.6) is 0 Å². The zero-order chi connectivity index (χ0) is 13.8. The largest absolute Gasteiger partial charge is 0.380 e. The highest BCUT2D eigenvalue weighted by atomic mass is 35.5. The third-order valence-electron chi connectivity index (χ3n) is 2.57. The number of halogens is 1. The number of nitro groups is 1. The van der Waals surface area contributed by atoms with Crippen molar-refractivity contribution in [3.63, 3.8) is 0 Å². The molecule has 2 rings (SSSR count). The SMILES string of the molecule is CCNc1cc(Cn2cc(Cl)cn2)ccc1[N+](=O)[O-]. The summed E-state index contributed by atoms with van der Waals surface area (Å²) in [7, 11) is 0. The smallest absolute Gasteiger partial charge is 0.292 e. The van der Waals surface area contributed by atoms with Gasteiger partial charge in [-0.2, -0.15) is 5.10 Å². The van der Waals surface area contributed by atoms with Crippen LogP contribution in [0.15, 0.2) is 30.6 Å². The van der Waals surface area contributed by atoms with Crippen LogP contribution in [0.3, 0.4) is 0 Å². The Kier molecular flexibility index (Phi) is 4.01. The molecular weight excluding hydrogens is 268 g/mol. The quantitative estimate of drug-likeness (QED) is 0.675. The van der Waals surface area contributed by atoms with Gasteiger partial charge in [-0.15, -0.1) is 0 Å². The second-order valence-electron chi connectivity index (χ2n) is 4.00. The summed E-state index contributed by atoms with van der Waals surface area (Å²) in [5.41, 5.74) is 1.51. The number of nitro benzene ring substituents is 1. The lowest BCUT2D eigenvalue weighted by atomic mass is 10.1. The topological polar surface area (TPSA) is 73.0 Å². The number of aromatic nitrogens is 2. The van der Waals surface area contributed by atoms with Gasteiger partial charge in [-0.1, -0.05) is 17.7 Å². The second-order valence-corrected chi connectivity index (χ2v) is 4.43. The summed E-state index contributed by atoms with van der Waals surface area (Å²) in [4.78, 5) is 10.5. The Hall–Kier alpha value is -2.08. The summed E-state index contributed by atoms with van der Waals surface area (Å²) >= 11 is 5.79. The van der Waals surface area contributed by atoms with Crippen molar-refractivity contribution in [3.05, 3.63) is 51.3 Å². The fourth-order valence-corrected chi connectivity index (χ4v) is 1.94. The first-order chi connectivity index (χ1) is 9.10. The van der Waals surface area contributed by atoms with Crippen molar-refractivity contribution in [2.75, 3.05) is 11.9 Å². The van der Waals surface area contributed by atoms with E-state index in [1.807, 2.05) is 6.92 Å². The Labute approximate surface area is 115 Å². The molecule has 0 unspecified atom stereocenters. The molecule has 7 heteroatoms. The lowest BCUT2D eigenvalue weighted by molar-refractivity contribution is -0.384. The molecule has 0 aliphatic rings. The highest BCUT2D eigenvalue weighted by molar-refractivity contribution is 6.30. The van der Waals surface area contributed by atoms with Gasteiger partial charge in [0.2, 0.25) is 0 Å². The van der Waals surface area contributed by atoms with E-state index in [2.05, 4.69) is 10.4 Å². The number of anilines is 1. The van der Waals surface area contributed by atoms with E-state index >= 15 is 0 Å². The molecule has 0 spiro atoms. The molecule has 1 aromatic carbocycles. The van der Waals surface area contributed by atoms with Crippen LogP contribution in [-0.4, -0.2) is 21.2 Å². The minimum absolute atomic E-state index is 0.0732. The van der Waals surface area contributed by atoms with Crippen LogP contribution in [-0.2, 0) is 6.54 Å². The van der Waals surface area contributed by atoms with Gasteiger partial charge < -0.3 is 5.32 Å². The molecule has 2 aromatic rings. The Morgan fingerprint density at radius 3 is 2.89 bits per heavy atom. The van der Waals surface area contributed by atoms with E-state index in [1.165, 1.54) is 6.07 Å². The Morgan fingerprint density at radius 2 is 2.32 bits per heavy atom. The Balaban J connectivity index is 2.27. The molecule has 19 heavy (non-hydrogen) atoms. The van der Waals surface area contributed by atoms with Crippen molar-refractivity contribution < 1.29 is 4.92 Å². The zero-order valence-electron chi connectivity index (χ0n) is 10.3. The predicted molar refractivity (Wildman–Crippen MR) is 73.6 cm³/mol. The van der Waals surface area contributed by atoms with E-state index in [4.69, 9.17) is 11.6 Å². The first-order valence-electron chi connectivity index (χ1n) is 5.79. The number of nitrogens with one attached hydrogen (secondary N) is 1. The average molecular weight is 281 g/mol. The highest BCUT2D eigenvalue weighted by Gasteiger charge is 2.13. The second kappa shape index (κ2) is 5.71. The Morgan fingerprint density at radius 1 is 1.53 bits per heavy atom. The predicted octanol–water partition coefficient (Wildman–Crippen LogP) is 2.92. The highest BCUT2D eigenvalue weighted by Crippen LogP contribution is 2.25. The molecule has 6 nitrogen and oxygen atoms in total. The number of hydrogen-bond acceptors (Lipinski definition) is 4. The molecule has 1 aromatic heterocycles. The van der Waals surface area contributed by atoms with Gasteiger partial charge in [-0.25, -0.2) is 0 Å². The normalized spacial score (nSPS) is 10.4. The summed E-state index contributed by atoms with van der Waals surface area (Å²) in [5.74, 6) is 0. The number of nitrogens with zero attached hydrogens (tertiary/aromatic N) is 3. The minimum atomic E-state index is -0.396. The van der Waals surface area contributed by atoms with Crippen molar-refractivity contribution >= 4 is 23.0 Å². The lowest BCUT2D eigenvalue weighted by Crippen LogP contribution is -2.04. The number of hydrogen-bond donors (Lipinski definition) is 1. The van der Waals surface area contributed by atoms with Crippen molar-refractivity contribution in [1.29, 1.82) is 0 Å². The van der Waals surface area contributed by atoms with Crippen LogP contribution in [0.2, 0.25) is 5.02 Å². The first-order valence-corrected chi connectivity index (χ1v) is 6.17. The van der Waals surface area contributed by atoms with Crippen molar-refractivity contribution in [2.45, 2.75) is 13.5 Å². The van der Waals surface area contributed by atoms with Crippen molar-refractivity contribution in [2.24, 2.45) is 0 Å². The molecule has 0 saturated heterocycles. The van der Waals surface area contributed by atoms with E-state index in [0.29, 0.717) is 23.8 Å². The summed E-state index contributed by atoms with van der Waals surface area (Å²) in [5, 5.41) is 18.5. The number of rotatable bonds is 5. The van der Waals surface area contributed by atoms with Crippen LogP contribution < -0.4 is 5.32 Å². The van der Waals surface area contributed by atoms with Gasteiger partial charge in [0.1, 0.15) is 5.69 Å². The number of benzene rings is 1. The fraction of sp³-hybridized carbons (Fsp3) is 0.250. The van der Waals surface area contributed by atoms with E-state index in [1.54, 1.807) is 29.2 Å². The molecule has 0 saturated carbocycles. The molecule has 100 valence electrons. The summed E-state index contributed by atoms with van der Waals surface area (Å²) in [6.45, 7) is 3.03. The summed E-state index contributed by atoms with van der Waals surface area (Å²) in [6.07, 6.45) is 3.26. The Bertz CT molecular complexity index is 597. The molecule has 0 fully saturated rings. The molecule has 0 amide bonds. The van der Waals surface area contributed by atoms with E-state index in [0.717, 1.165) is 5.56 Å². The molecule has 1 N–H and O–H groups in total. The maximum absolute atomic E-state index is 10.9. The third-order valence-corrected chi connectivity index (χ3v) is 2.77. The van der Waals surface area contributed by atoms with Gasteiger partial charge in [-0.05, 0) is 18.6 Å². The monoisotopic (exact) mass is 280 g/mol. The van der Waals surface area contributed by atoms with Crippen LogP contribution in [0.4, 0.5) is 11.4 Å². The zero-order valence-corrected chi connectivity index (χ0v) is 11.1. The third kappa shape index (κ3) is 3.23. The van der Waals surface area contributed by atoms with Crippen molar-refractivity contribution in [1.82, 2.24) is 9.78 Å². The summed E-state index contributed by atoms with van der Waals surface area (Å²) < 4.78 is 1.68. The molecule has 0 atom stereocenters. The van der Waals surface area contributed by atoms with Crippen LogP contribution in [0.1, 0.15) is 12.5 Å². The van der Waals surface area contributed by atoms with Gasteiger partial charge in [0.15, 0.2) is 0 Å². The van der Waals surface area contributed by atoms with Gasteiger partial charge in [-0.3, -0.25) is 14.8 Å². The maximum atomic E-state index is 10.9. The molecule has 1 heterocycles. The van der Waals surface area contributed by atoms with E-state index in [9.17, 15) is 10.1 Å². The molecule has 0 bridgehead atoms. The maximum Gasteiger partial charge on any atom is 0.292 e. The van der Waals surface area contributed by atoms with Crippen LogP contribution in [0, 0.1) is 10.1 Å². The fourth-order valence-electron chi connectivity index (χ4n) is 1.78. The van der Waals surface area contributed by atoms with E-state index in [-0.39, 0.29) is 5.69 Å². The van der Waals surface area contributed by atoms with Gasteiger partial charge in [0.25, 0.3) is 5.69 Å². The minimum Gasteiger partial charge on any atom is -0.380 e. The van der Waals surface area contributed by atoms with Crippen LogP contribution >= 0.6 is 11.6 Å². The van der Waals surface area contributed by atoms with Crippen LogP contribution in [0.25, 0.3) is 0 Å². The van der Waals surface area contributed by atoms with Gasteiger partial charge >= 0.3 is 0 Å². The summed E-state index contributed by atoms with van der Waals surface area (Å²) in [6, 6.07) is 4.98. The molecular formula is C12H13ClN4O2. The standard InChI is InChI=1S/C12H13ClN4O2/c1-2-14-11-5-9(3-4-12(11)17(18)19)7-16-8-10(13)6-15-16/h3-6,8,14H,2,7H2,1H3. The average Bonchev–Trinajstić information content (AvgIpc) is 2.75. The van der Waals surface area contributed by atoms with Crippen molar-refractivity contribution in [3.8, 4) is 0 Å². The van der Waals surface area contributed by atoms with Gasteiger partial charge in [0, 0.05) is 18.8 Å². The van der Waals surface area contributed by atoms with E-state index < -0.39 is 4.92 Å².